The number of halogens is 1. The van der Waals surface area contributed by atoms with Gasteiger partial charge in [0.15, 0.2) is 11.0 Å². The fourth-order valence-corrected chi connectivity index (χ4v) is 2.16. The molecular weight excluding hydrogens is 262 g/mol. The lowest BCUT2D eigenvalue weighted by molar-refractivity contribution is 0.192. The second-order valence-electron chi connectivity index (χ2n) is 4.37. The molecule has 0 saturated heterocycles. The molecule has 0 amide bonds. The van der Waals surface area contributed by atoms with Crippen LogP contribution in [0.15, 0.2) is 24.3 Å². The van der Waals surface area contributed by atoms with Crippen LogP contribution >= 0.6 is 11.6 Å². The Labute approximate surface area is 118 Å². The van der Waals surface area contributed by atoms with Gasteiger partial charge in [-0.3, -0.25) is 0 Å². The lowest BCUT2D eigenvalue weighted by Crippen LogP contribution is -2.05. The van der Waals surface area contributed by atoms with Gasteiger partial charge in [0.05, 0.1) is 0 Å². The number of rotatable bonds is 7. The number of aromatic nitrogens is 2. The highest BCUT2D eigenvalue weighted by atomic mass is 35.5. The van der Waals surface area contributed by atoms with Crippen molar-refractivity contribution in [2.45, 2.75) is 19.3 Å². The average molecular weight is 280 g/mol. The SMILES string of the molecule is COCCCCCNc1nnc(Cl)c2ccccc12. The standard InChI is InChI=1S/C14H18ClN3O/c1-19-10-6-2-5-9-16-14-12-8-4-3-7-11(12)13(15)17-18-14/h3-4,7-8H,2,5-6,9-10H2,1H3,(H,16,18). The van der Waals surface area contributed by atoms with Gasteiger partial charge < -0.3 is 10.1 Å². The molecule has 0 aliphatic heterocycles. The first-order chi connectivity index (χ1) is 9.33. The number of fused-ring (bicyclic) bond motifs is 1. The third-order valence-corrected chi connectivity index (χ3v) is 3.24. The number of nitrogens with one attached hydrogen (secondary N) is 1. The normalized spacial score (nSPS) is 10.8. The molecule has 1 heterocycles. The molecular formula is C14H18ClN3O. The Morgan fingerprint density at radius 2 is 1.89 bits per heavy atom. The first-order valence-corrected chi connectivity index (χ1v) is 6.84. The second kappa shape index (κ2) is 7.26. The summed E-state index contributed by atoms with van der Waals surface area (Å²) >= 11 is 6.03. The predicted molar refractivity (Wildman–Crippen MR) is 78.8 cm³/mol. The van der Waals surface area contributed by atoms with Crippen molar-refractivity contribution < 1.29 is 4.74 Å². The molecule has 4 nitrogen and oxygen atoms in total. The molecule has 0 aliphatic rings. The van der Waals surface area contributed by atoms with Crippen LogP contribution in [-0.2, 0) is 4.74 Å². The van der Waals surface area contributed by atoms with Crippen LogP contribution in [0.1, 0.15) is 19.3 Å². The minimum atomic E-state index is 0.446. The van der Waals surface area contributed by atoms with Crippen molar-refractivity contribution in [2.75, 3.05) is 25.6 Å². The minimum Gasteiger partial charge on any atom is -0.385 e. The van der Waals surface area contributed by atoms with Crippen LogP contribution in [0.3, 0.4) is 0 Å². The van der Waals surface area contributed by atoms with Crippen LogP contribution in [0.2, 0.25) is 5.15 Å². The lowest BCUT2D eigenvalue weighted by Gasteiger charge is -2.08. The molecule has 19 heavy (non-hydrogen) atoms. The highest BCUT2D eigenvalue weighted by Crippen LogP contribution is 2.25. The van der Waals surface area contributed by atoms with Crippen molar-refractivity contribution in [1.29, 1.82) is 0 Å². The van der Waals surface area contributed by atoms with Crippen molar-refractivity contribution in [3.05, 3.63) is 29.4 Å². The molecule has 0 radical (unpaired) electrons. The summed E-state index contributed by atoms with van der Waals surface area (Å²) in [6.07, 6.45) is 3.31. The van der Waals surface area contributed by atoms with Crippen molar-refractivity contribution in [1.82, 2.24) is 10.2 Å². The van der Waals surface area contributed by atoms with Gasteiger partial charge in [-0.25, -0.2) is 0 Å². The van der Waals surface area contributed by atoms with E-state index in [4.69, 9.17) is 16.3 Å². The Bertz CT molecular complexity index is 533. The molecule has 0 unspecified atom stereocenters. The molecule has 5 heteroatoms. The lowest BCUT2D eigenvalue weighted by atomic mass is 10.2. The van der Waals surface area contributed by atoms with E-state index in [2.05, 4.69) is 15.5 Å². The fraction of sp³-hybridized carbons (Fsp3) is 0.429. The monoisotopic (exact) mass is 279 g/mol. The maximum absolute atomic E-state index is 6.03. The quantitative estimate of drug-likeness (QED) is 0.788. The first-order valence-electron chi connectivity index (χ1n) is 6.46. The molecule has 2 rings (SSSR count). The minimum absolute atomic E-state index is 0.446. The molecule has 2 aromatic rings. The highest BCUT2D eigenvalue weighted by Gasteiger charge is 2.06. The Kier molecular flexibility index (Phi) is 5.36. The average Bonchev–Trinajstić information content (AvgIpc) is 2.45. The summed E-state index contributed by atoms with van der Waals surface area (Å²) in [6, 6.07) is 7.88. The topological polar surface area (TPSA) is 47.0 Å². The molecule has 102 valence electrons. The summed E-state index contributed by atoms with van der Waals surface area (Å²) in [7, 11) is 1.73. The van der Waals surface area contributed by atoms with E-state index in [-0.39, 0.29) is 0 Å². The number of anilines is 1. The smallest absolute Gasteiger partial charge is 0.159 e. The Morgan fingerprint density at radius 3 is 2.68 bits per heavy atom. The van der Waals surface area contributed by atoms with Crippen LogP contribution in [0.25, 0.3) is 10.8 Å². The summed E-state index contributed by atoms with van der Waals surface area (Å²) in [4.78, 5) is 0. The Balaban J connectivity index is 1.96. The Hall–Kier alpha value is -1.39. The number of hydrogen-bond acceptors (Lipinski definition) is 4. The van der Waals surface area contributed by atoms with Gasteiger partial charge in [0.1, 0.15) is 0 Å². The zero-order valence-electron chi connectivity index (χ0n) is 11.0. The zero-order valence-corrected chi connectivity index (χ0v) is 11.8. The van der Waals surface area contributed by atoms with Gasteiger partial charge in [0.25, 0.3) is 0 Å². The van der Waals surface area contributed by atoms with E-state index in [0.29, 0.717) is 5.15 Å². The number of hydrogen-bond donors (Lipinski definition) is 1. The van der Waals surface area contributed by atoms with E-state index >= 15 is 0 Å². The molecule has 1 N–H and O–H groups in total. The number of methoxy groups -OCH3 is 1. The molecule has 1 aromatic carbocycles. The number of nitrogens with zero attached hydrogens (tertiary/aromatic N) is 2. The number of unbranched alkanes of at least 4 members (excludes halogenated alkanes) is 2. The van der Waals surface area contributed by atoms with E-state index in [0.717, 1.165) is 49.0 Å². The van der Waals surface area contributed by atoms with Crippen molar-refractivity contribution >= 4 is 28.2 Å². The summed E-state index contributed by atoms with van der Waals surface area (Å²) in [5, 5.41) is 13.8. The van der Waals surface area contributed by atoms with Crippen molar-refractivity contribution in [2.24, 2.45) is 0 Å². The summed E-state index contributed by atoms with van der Waals surface area (Å²) < 4.78 is 5.02. The first kappa shape index (κ1) is 14.0. The second-order valence-corrected chi connectivity index (χ2v) is 4.72. The van der Waals surface area contributed by atoms with Gasteiger partial charge in [0, 0.05) is 31.0 Å². The fourth-order valence-electron chi connectivity index (χ4n) is 1.96. The predicted octanol–water partition coefficient (Wildman–Crippen LogP) is 3.51. The third-order valence-electron chi connectivity index (χ3n) is 2.96. The van der Waals surface area contributed by atoms with Gasteiger partial charge in [-0.2, -0.15) is 0 Å². The zero-order chi connectivity index (χ0) is 13.5. The molecule has 0 aliphatic carbocycles. The molecule has 0 fully saturated rings. The molecule has 0 bridgehead atoms. The third kappa shape index (κ3) is 3.78. The van der Waals surface area contributed by atoms with E-state index in [9.17, 15) is 0 Å². The largest absolute Gasteiger partial charge is 0.385 e. The maximum Gasteiger partial charge on any atom is 0.159 e. The van der Waals surface area contributed by atoms with Gasteiger partial charge in [0.2, 0.25) is 0 Å². The van der Waals surface area contributed by atoms with Gasteiger partial charge >= 0.3 is 0 Å². The van der Waals surface area contributed by atoms with Crippen LogP contribution in [-0.4, -0.2) is 30.5 Å². The van der Waals surface area contributed by atoms with Crippen LogP contribution < -0.4 is 5.32 Å². The maximum atomic E-state index is 6.03. The van der Waals surface area contributed by atoms with Crippen molar-refractivity contribution in [3.63, 3.8) is 0 Å². The van der Waals surface area contributed by atoms with E-state index < -0.39 is 0 Å². The molecule has 0 atom stereocenters. The number of ether oxygens (including phenoxy) is 1. The summed E-state index contributed by atoms with van der Waals surface area (Å²) in [5.41, 5.74) is 0. The van der Waals surface area contributed by atoms with Gasteiger partial charge in [-0.05, 0) is 19.3 Å². The van der Waals surface area contributed by atoms with Crippen molar-refractivity contribution in [3.8, 4) is 0 Å². The summed E-state index contributed by atoms with van der Waals surface area (Å²) in [5.74, 6) is 0.798. The summed E-state index contributed by atoms with van der Waals surface area (Å²) in [6.45, 7) is 1.70. The van der Waals surface area contributed by atoms with E-state index in [1.807, 2.05) is 24.3 Å². The van der Waals surface area contributed by atoms with Crippen LogP contribution in [0, 0.1) is 0 Å². The number of benzene rings is 1. The van der Waals surface area contributed by atoms with Crippen LogP contribution in [0.4, 0.5) is 5.82 Å². The van der Waals surface area contributed by atoms with Crippen LogP contribution in [0.5, 0.6) is 0 Å². The molecule has 0 spiro atoms. The van der Waals surface area contributed by atoms with E-state index in [1.54, 1.807) is 7.11 Å². The van der Waals surface area contributed by atoms with E-state index in [1.165, 1.54) is 0 Å². The highest BCUT2D eigenvalue weighted by molar-refractivity contribution is 6.34. The van der Waals surface area contributed by atoms with Gasteiger partial charge in [-0.1, -0.05) is 35.9 Å². The van der Waals surface area contributed by atoms with Gasteiger partial charge in [-0.15, -0.1) is 10.2 Å². The molecule has 1 aromatic heterocycles. The Morgan fingerprint density at radius 1 is 1.11 bits per heavy atom. The molecule has 0 saturated carbocycles.